The number of fused-ring (bicyclic) bond motifs is 1. The van der Waals surface area contributed by atoms with E-state index in [4.69, 9.17) is 0 Å². The van der Waals surface area contributed by atoms with Gasteiger partial charge in [0.1, 0.15) is 0 Å². The molecule has 3 rings (SSSR count). The van der Waals surface area contributed by atoms with Gasteiger partial charge in [0, 0.05) is 0 Å². The number of anilines is 1. The highest BCUT2D eigenvalue weighted by Gasteiger charge is 2.48. The summed E-state index contributed by atoms with van der Waals surface area (Å²) in [5.41, 5.74) is 0.940. The van der Waals surface area contributed by atoms with Crippen molar-refractivity contribution < 1.29 is 19.5 Å². The molecular formula is C16H15NO4. The van der Waals surface area contributed by atoms with Crippen LogP contribution in [0, 0.1) is 18.8 Å². The van der Waals surface area contributed by atoms with E-state index in [2.05, 4.69) is 0 Å². The van der Waals surface area contributed by atoms with Crippen LogP contribution in [0.1, 0.15) is 28.8 Å². The third-order valence-corrected chi connectivity index (χ3v) is 4.13. The number of carboxylic acids is 1. The monoisotopic (exact) mass is 285 g/mol. The number of rotatable bonds is 2. The minimum Gasteiger partial charge on any atom is -0.478 e. The molecular weight excluding hydrogens is 270 g/mol. The zero-order chi connectivity index (χ0) is 15.1. The molecule has 5 heteroatoms. The largest absolute Gasteiger partial charge is 0.478 e. The SMILES string of the molecule is Cc1ccc(N2C(=O)[C@H]3CC=CC[C@H]3C2=O)c(C(=O)O)c1. The second-order valence-corrected chi connectivity index (χ2v) is 5.49. The number of benzene rings is 1. The lowest BCUT2D eigenvalue weighted by Gasteiger charge is -2.17. The smallest absolute Gasteiger partial charge is 0.337 e. The summed E-state index contributed by atoms with van der Waals surface area (Å²) in [6.07, 6.45) is 4.90. The van der Waals surface area contributed by atoms with Crippen LogP contribution in [0.2, 0.25) is 0 Å². The molecule has 1 aromatic rings. The highest BCUT2D eigenvalue weighted by Crippen LogP contribution is 2.38. The molecule has 0 spiro atoms. The van der Waals surface area contributed by atoms with Crippen molar-refractivity contribution in [1.82, 2.24) is 0 Å². The number of nitrogens with zero attached hydrogens (tertiary/aromatic N) is 1. The van der Waals surface area contributed by atoms with Crippen LogP contribution in [0.4, 0.5) is 5.69 Å². The number of amides is 2. The molecule has 1 heterocycles. The van der Waals surface area contributed by atoms with Crippen molar-refractivity contribution in [2.45, 2.75) is 19.8 Å². The molecule has 1 N–H and O–H groups in total. The molecule has 1 aliphatic heterocycles. The number of carbonyl (C=O) groups excluding carboxylic acids is 2. The molecule has 21 heavy (non-hydrogen) atoms. The van der Waals surface area contributed by atoms with Crippen LogP contribution in [0.15, 0.2) is 30.4 Å². The van der Waals surface area contributed by atoms with Gasteiger partial charge in [-0.15, -0.1) is 0 Å². The van der Waals surface area contributed by atoms with Gasteiger partial charge in [0.25, 0.3) is 0 Å². The van der Waals surface area contributed by atoms with Gasteiger partial charge in [-0.25, -0.2) is 9.69 Å². The van der Waals surface area contributed by atoms with Crippen molar-refractivity contribution in [1.29, 1.82) is 0 Å². The molecule has 0 bridgehead atoms. The molecule has 5 nitrogen and oxygen atoms in total. The van der Waals surface area contributed by atoms with E-state index in [1.165, 1.54) is 6.07 Å². The highest BCUT2D eigenvalue weighted by molar-refractivity contribution is 6.24. The number of allylic oxidation sites excluding steroid dienone is 2. The van der Waals surface area contributed by atoms with Crippen molar-refractivity contribution >= 4 is 23.5 Å². The van der Waals surface area contributed by atoms with Crippen molar-refractivity contribution in [3.63, 3.8) is 0 Å². The van der Waals surface area contributed by atoms with E-state index in [1.54, 1.807) is 19.1 Å². The lowest BCUT2D eigenvalue weighted by Crippen LogP contribution is -2.32. The average Bonchev–Trinajstić information content (AvgIpc) is 2.72. The molecule has 0 aromatic heterocycles. The zero-order valence-corrected chi connectivity index (χ0v) is 11.6. The van der Waals surface area contributed by atoms with Crippen molar-refractivity contribution in [2.75, 3.05) is 4.90 Å². The van der Waals surface area contributed by atoms with Gasteiger partial charge < -0.3 is 5.11 Å². The van der Waals surface area contributed by atoms with Crippen LogP contribution in [0.3, 0.4) is 0 Å². The van der Waals surface area contributed by atoms with Crippen LogP contribution in [-0.2, 0) is 9.59 Å². The minimum atomic E-state index is -1.14. The molecule has 1 aliphatic carbocycles. The van der Waals surface area contributed by atoms with Gasteiger partial charge in [-0.1, -0.05) is 23.8 Å². The Kier molecular flexibility index (Phi) is 3.12. The van der Waals surface area contributed by atoms with Crippen LogP contribution >= 0.6 is 0 Å². The predicted octanol–water partition coefficient (Wildman–Crippen LogP) is 2.15. The summed E-state index contributed by atoms with van der Waals surface area (Å²) in [5.74, 6) is -2.43. The maximum absolute atomic E-state index is 12.5. The molecule has 2 aliphatic rings. The summed E-state index contributed by atoms with van der Waals surface area (Å²) in [4.78, 5) is 37.4. The summed E-state index contributed by atoms with van der Waals surface area (Å²) < 4.78 is 0. The second-order valence-electron chi connectivity index (χ2n) is 5.49. The van der Waals surface area contributed by atoms with Crippen LogP contribution in [0.25, 0.3) is 0 Å². The van der Waals surface area contributed by atoms with Gasteiger partial charge in [0.2, 0.25) is 11.8 Å². The zero-order valence-electron chi connectivity index (χ0n) is 11.6. The van der Waals surface area contributed by atoms with Gasteiger partial charge in [0.05, 0.1) is 23.1 Å². The standard InChI is InChI=1S/C16H15NO4/c1-9-6-7-13(12(8-9)16(20)21)17-14(18)10-4-2-3-5-11(10)15(17)19/h2-3,6-8,10-11H,4-5H2,1H3,(H,20,21)/t10-,11+. The number of aromatic carboxylic acids is 1. The van der Waals surface area contributed by atoms with Gasteiger partial charge in [0.15, 0.2) is 0 Å². The lowest BCUT2D eigenvalue weighted by molar-refractivity contribution is -0.122. The molecule has 0 unspecified atom stereocenters. The molecule has 1 saturated heterocycles. The van der Waals surface area contributed by atoms with Crippen LogP contribution in [0.5, 0.6) is 0 Å². The normalized spacial score (nSPS) is 24.3. The van der Waals surface area contributed by atoms with E-state index in [0.717, 1.165) is 10.5 Å². The van der Waals surface area contributed by atoms with Gasteiger partial charge in [-0.2, -0.15) is 0 Å². The Morgan fingerprint density at radius 3 is 2.24 bits per heavy atom. The predicted molar refractivity (Wildman–Crippen MR) is 76.0 cm³/mol. The molecule has 2 atom stereocenters. The Bertz CT molecular complexity index is 651. The Morgan fingerprint density at radius 2 is 1.71 bits per heavy atom. The summed E-state index contributed by atoms with van der Waals surface area (Å²) in [6, 6.07) is 4.74. The molecule has 0 saturated carbocycles. The molecule has 1 fully saturated rings. The number of hydrogen-bond acceptors (Lipinski definition) is 3. The quantitative estimate of drug-likeness (QED) is 0.667. The maximum Gasteiger partial charge on any atom is 0.337 e. The first kappa shape index (κ1) is 13.5. The van der Waals surface area contributed by atoms with E-state index in [-0.39, 0.29) is 34.9 Å². The van der Waals surface area contributed by atoms with E-state index in [0.29, 0.717) is 12.8 Å². The molecule has 2 amide bonds. The van der Waals surface area contributed by atoms with Gasteiger partial charge in [-0.3, -0.25) is 9.59 Å². The molecule has 1 aromatic carbocycles. The lowest BCUT2D eigenvalue weighted by atomic mass is 9.85. The number of aryl methyl sites for hydroxylation is 1. The fourth-order valence-electron chi connectivity index (χ4n) is 3.05. The Hall–Kier alpha value is -2.43. The Morgan fingerprint density at radius 1 is 1.14 bits per heavy atom. The topological polar surface area (TPSA) is 74.7 Å². The first-order valence-corrected chi connectivity index (χ1v) is 6.87. The van der Waals surface area contributed by atoms with Crippen molar-refractivity contribution in [3.05, 3.63) is 41.5 Å². The summed E-state index contributed by atoms with van der Waals surface area (Å²) in [6.45, 7) is 1.77. The van der Waals surface area contributed by atoms with Gasteiger partial charge in [-0.05, 0) is 31.9 Å². The van der Waals surface area contributed by atoms with E-state index < -0.39 is 5.97 Å². The Labute approximate surface area is 121 Å². The van der Waals surface area contributed by atoms with Crippen molar-refractivity contribution in [2.24, 2.45) is 11.8 Å². The fraction of sp³-hybridized carbons (Fsp3) is 0.312. The second kappa shape index (κ2) is 4.84. The third kappa shape index (κ3) is 2.05. The maximum atomic E-state index is 12.5. The summed E-state index contributed by atoms with van der Waals surface area (Å²) in [7, 11) is 0. The van der Waals surface area contributed by atoms with Gasteiger partial charge >= 0.3 is 5.97 Å². The minimum absolute atomic E-state index is 0.0108. The third-order valence-electron chi connectivity index (χ3n) is 4.13. The first-order chi connectivity index (χ1) is 10.0. The average molecular weight is 285 g/mol. The number of hydrogen-bond donors (Lipinski definition) is 1. The van der Waals surface area contributed by atoms with Crippen molar-refractivity contribution in [3.8, 4) is 0 Å². The molecule has 0 radical (unpaired) electrons. The first-order valence-electron chi connectivity index (χ1n) is 6.87. The van der Waals surface area contributed by atoms with E-state index >= 15 is 0 Å². The number of carboxylic acid groups (broad SMARTS) is 1. The van der Waals surface area contributed by atoms with Crippen LogP contribution in [-0.4, -0.2) is 22.9 Å². The van der Waals surface area contributed by atoms with E-state index in [1.807, 2.05) is 12.2 Å². The fourth-order valence-corrected chi connectivity index (χ4v) is 3.05. The van der Waals surface area contributed by atoms with Crippen LogP contribution < -0.4 is 4.90 Å². The highest BCUT2D eigenvalue weighted by atomic mass is 16.4. The number of imide groups is 1. The summed E-state index contributed by atoms with van der Waals surface area (Å²) in [5, 5.41) is 9.32. The molecule has 108 valence electrons. The summed E-state index contributed by atoms with van der Waals surface area (Å²) >= 11 is 0. The Balaban J connectivity index is 2.07. The van der Waals surface area contributed by atoms with E-state index in [9.17, 15) is 19.5 Å². The number of carbonyl (C=O) groups is 3.